The number of alkyl halides is 3. The Bertz CT molecular complexity index is 926. The van der Waals surface area contributed by atoms with Crippen LogP contribution in [0.4, 0.5) is 13.2 Å². The molecule has 1 amide bonds. The molecular weight excluding hydrogens is 385 g/mol. The second-order valence-corrected chi connectivity index (χ2v) is 8.41. The maximum absolute atomic E-state index is 12.6. The number of halogens is 3. The van der Waals surface area contributed by atoms with Crippen LogP contribution in [-0.2, 0) is 16.3 Å². The first kappa shape index (κ1) is 19.3. The van der Waals surface area contributed by atoms with Crippen LogP contribution in [-0.4, -0.2) is 58.3 Å². The molecule has 11 heteroatoms. The number of hydrogen-bond acceptors (Lipinski definition) is 5. The number of amides is 1. The lowest BCUT2D eigenvalue weighted by molar-refractivity contribution is -0.134. The van der Waals surface area contributed by atoms with E-state index in [1.807, 2.05) is 0 Å². The summed E-state index contributed by atoms with van der Waals surface area (Å²) in [6, 6.07) is 3.48. The van der Waals surface area contributed by atoms with Crippen molar-refractivity contribution >= 4 is 15.7 Å². The summed E-state index contributed by atoms with van der Waals surface area (Å²) in [4.78, 5) is 17.7. The van der Waals surface area contributed by atoms with Crippen LogP contribution in [0, 0.1) is 0 Å². The zero-order valence-corrected chi connectivity index (χ0v) is 15.0. The minimum atomic E-state index is -4.40. The Morgan fingerprint density at radius 3 is 2.70 bits per heavy atom. The first-order chi connectivity index (χ1) is 12.6. The van der Waals surface area contributed by atoms with Crippen LogP contribution >= 0.6 is 0 Å². The van der Waals surface area contributed by atoms with Gasteiger partial charge in [-0.25, -0.2) is 13.1 Å². The molecule has 0 bridgehead atoms. The van der Waals surface area contributed by atoms with E-state index in [0.29, 0.717) is 17.8 Å². The topological polar surface area (TPSA) is 85.2 Å². The van der Waals surface area contributed by atoms with Crippen molar-refractivity contribution in [3.63, 3.8) is 0 Å². The lowest BCUT2D eigenvalue weighted by atomic mass is 10.1. The Hall–Kier alpha value is -2.43. The van der Waals surface area contributed by atoms with E-state index >= 15 is 0 Å². The molecule has 0 radical (unpaired) electrons. The fourth-order valence-corrected chi connectivity index (χ4v) is 4.26. The number of hydrogen-bond donors (Lipinski definition) is 0. The number of pyridine rings is 1. The van der Waals surface area contributed by atoms with Crippen LogP contribution < -0.4 is 0 Å². The minimum absolute atomic E-state index is 0.147. The zero-order chi connectivity index (χ0) is 19.7. The molecule has 27 heavy (non-hydrogen) atoms. The highest BCUT2D eigenvalue weighted by molar-refractivity contribution is 7.91. The van der Waals surface area contributed by atoms with Crippen molar-refractivity contribution in [2.75, 3.05) is 18.2 Å². The van der Waals surface area contributed by atoms with E-state index in [1.54, 1.807) is 24.5 Å². The monoisotopic (exact) mass is 402 g/mol. The highest BCUT2D eigenvalue weighted by atomic mass is 32.2. The molecule has 0 N–H and O–H groups in total. The Labute approximate surface area is 153 Å². The van der Waals surface area contributed by atoms with Gasteiger partial charge in [-0.05, 0) is 18.6 Å². The van der Waals surface area contributed by atoms with Crippen molar-refractivity contribution in [1.29, 1.82) is 0 Å². The van der Waals surface area contributed by atoms with Gasteiger partial charge in [0.15, 0.2) is 9.84 Å². The van der Waals surface area contributed by atoms with Crippen LogP contribution in [0.25, 0.3) is 5.69 Å². The van der Waals surface area contributed by atoms with Gasteiger partial charge in [-0.2, -0.15) is 18.3 Å². The van der Waals surface area contributed by atoms with Gasteiger partial charge in [-0.3, -0.25) is 9.78 Å². The molecule has 0 saturated carbocycles. The third kappa shape index (κ3) is 4.85. The average Bonchev–Trinajstić information content (AvgIpc) is 3.02. The Kier molecular flexibility index (Phi) is 5.22. The third-order valence-corrected chi connectivity index (χ3v) is 5.72. The fourth-order valence-electron chi connectivity index (χ4n) is 2.82. The summed E-state index contributed by atoms with van der Waals surface area (Å²) < 4.78 is 62.2. The molecule has 1 aliphatic rings. The van der Waals surface area contributed by atoms with Crippen molar-refractivity contribution in [2.24, 2.45) is 0 Å². The quantitative estimate of drug-likeness (QED) is 0.738. The van der Waals surface area contributed by atoms with E-state index < -0.39 is 46.4 Å². The maximum Gasteiger partial charge on any atom is 0.389 e. The van der Waals surface area contributed by atoms with Crippen molar-refractivity contribution < 1.29 is 26.4 Å². The van der Waals surface area contributed by atoms with Gasteiger partial charge in [0.2, 0.25) is 0 Å². The van der Waals surface area contributed by atoms with E-state index in [0.717, 1.165) is 4.90 Å². The first-order valence-corrected chi connectivity index (χ1v) is 10.0. The Balaban J connectivity index is 1.69. The summed E-state index contributed by atoms with van der Waals surface area (Å²) in [5.74, 6) is -1.70. The predicted octanol–water partition coefficient (Wildman–Crippen LogP) is 1.98. The van der Waals surface area contributed by atoms with E-state index in [2.05, 4.69) is 10.1 Å². The lowest BCUT2D eigenvalue weighted by Gasteiger charge is -2.25. The summed E-state index contributed by atoms with van der Waals surface area (Å²) in [6.07, 6.45) is -1.02. The van der Waals surface area contributed by atoms with Crippen LogP contribution in [0.1, 0.15) is 28.9 Å². The van der Waals surface area contributed by atoms with Gasteiger partial charge < -0.3 is 4.90 Å². The number of sulfone groups is 1. The second-order valence-electron chi connectivity index (χ2n) is 6.26. The van der Waals surface area contributed by atoms with E-state index in [9.17, 15) is 26.4 Å². The molecule has 0 saturated heterocycles. The summed E-state index contributed by atoms with van der Waals surface area (Å²) in [5.41, 5.74) is 1.50. The van der Waals surface area contributed by atoms with Gasteiger partial charge in [-0.15, -0.1) is 0 Å². The highest BCUT2D eigenvalue weighted by Crippen LogP contribution is 2.23. The summed E-state index contributed by atoms with van der Waals surface area (Å²) >= 11 is 0. The largest absolute Gasteiger partial charge is 0.389 e. The van der Waals surface area contributed by atoms with Crippen molar-refractivity contribution in [3.05, 3.63) is 42.0 Å². The average molecular weight is 402 g/mol. The standard InChI is InChI=1S/C16H17F3N4O3S/c17-16(18,19)5-2-8-27(25,26)11-22-7-4-14-13(15(22)24)10-23(21-14)12-3-1-6-20-9-12/h1,3,6,9-10H,2,4-5,7-8,11H2. The molecule has 0 atom stereocenters. The molecule has 0 aromatic carbocycles. The SMILES string of the molecule is O=C1c2cn(-c3cccnc3)nc2CCN1CS(=O)(=O)CCCC(F)(F)F. The number of carbonyl (C=O) groups excluding carboxylic acids is 1. The summed E-state index contributed by atoms with van der Waals surface area (Å²) in [5, 5.41) is 4.33. The predicted molar refractivity (Wildman–Crippen MR) is 90.0 cm³/mol. The van der Waals surface area contributed by atoms with Crippen molar-refractivity contribution in [2.45, 2.75) is 25.4 Å². The lowest BCUT2D eigenvalue weighted by Crippen LogP contribution is -2.41. The zero-order valence-electron chi connectivity index (χ0n) is 14.2. The number of fused-ring (bicyclic) bond motifs is 1. The molecule has 146 valence electrons. The van der Waals surface area contributed by atoms with E-state index in [4.69, 9.17) is 0 Å². The Morgan fingerprint density at radius 2 is 2.04 bits per heavy atom. The maximum atomic E-state index is 12.6. The van der Waals surface area contributed by atoms with E-state index in [1.165, 1.54) is 10.9 Å². The van der Waals surface area contributed by atoms with Gasteiger partial charge in [0, 0.05) is 31.8 Å². The number of aromatic nitrogens is 3. The van der Waals surface area contributed by atoms with Crippen LogP contribution in [0.5, 0.6) is 0 Å². The highest BCUT2D eigenvalue weighted by Gasteiger charge is 2.32. The normalized spacial score (nSPS) is 15.1. The Morgan fingerprint density at radius 1 is 1.26 bits per heavy atom. The number of carbonyl (C=O) groups is 1. The number of rotatable bonds is 6. The van der Waals surface area contributed by atoms with Gasteiger partial charge in [0.25, 0.3) is 5.91 Å². The molecule has 7 nitrogen and oxygen atoms in total. The third-order valence-electron chi connectivity index (χ3n) is 4.11. The summed E-state index contributed by atoms with van der Waals surface area (Å²) in [6.45, 7) is 0.147. The molecule has 1 aliphatic heterocycles. The van der Waals surface area contributed by atoms with Crippen LogP contribution in [0.2, 0.25) is 0 Å². The molecule has 0 unspecified atom stereocenters. The second kappa shape index (κ2) is 7.29. The first-order valence-electron chi connectivity index (χ1n) is 8.20. The van der Waals surface area contributed by atoms with Crippen molar-refractivity contribution in [1.82, 2.24) is 19.7 Å². The molecule has 3 rings (SSSR count). The molecule has 3 heterocycles. The van der Waals surface area contributed by atoms with Gasteiger partial charge in [0.1, 0.15) is 5.88 Å². The molecule has 0 fully saturated rings. The van der Waals surface area contributed by atoms with Crippen LogP contribution in [0.15, 0.2) is 30.7 Å². The molecular formula is C16H17F3N4O3S. The fraction of sp³-hybridized carbons (Fsp3) is 0.438. The van der Waals surface area contributed by atoms with Crippen molar-refractivity contribution in [3.8, 4) is 5.69 Å². The van der Waals surface area contributed by atoms with E-state index in [-0.39, 0.29) is 12.1 Å². The van der Waals surface area contributed by atoms with Crippen LogP contribution in [0.3, 0.4) is 0 Å². The van der Waals surface area contributed by atoms with Gasteiger partial charge in [-0.1, -0.05) is 0 Å². The minimum Gasteiger partial charge on any atom is -0.324 e. The summed E-state index contributed by atoms with van der Waals surface area (Å²) in [7, 11) is -3.82. The van der Waals surface area contributed by atoms with Gasteiger partial charge >= 0.3 is 6.18 Å². The van der Waals surface area contributed by atoms with Gasteiger partial charge in [0.05, 0.1) is 28.9 Å². The molecule has 2 aromatic rings. The molecule has 0 spiro atoms. The number of nitrogens with zero attached hydrogens (tertiary/aromatic N) is 4. The smallest absolute Gasteiger partial charge is 0.324 e. The molecule has 0 aliphatic carbocycles. The molecule has 2 aromatic heterocycles.